The highest BCUT2D eigenvalue weighted by Gasteiger charge is 2.20. The van der Waals surface area contributed by atoms with Gasteiger partial charge in [0.05, 0.1) is 29.4 Å². The Morgan fingerprint density at radius 2 is 1.95 bits per heavy atom. The number of anilines is 1. The molecule has 1 aromatic carbocycles. The molecule has 0 aliphatic rings. The number of rotatable bonds is 4. The first kappa shape index (κ1) is 13.4. The molecule has 3 aromatic rings. The molecule has 7 nitrogen and oxygen atoms in total. The smallest absolute Gasteiger partial charge is 0.190 e. The Hall–Kier alpha value is -2.54. The minimum Gasteiger partial charge on any atom is -0.394 e. The minimum atomic E-state index is -0.502. The zero-order valence-corrected chi connectivity index (χ0v) is 11.9. The number of nitrogens with one attached hydrogen (secondary N) is 1. The molecular weight excluding hydrogens is 268 g/mol. The van der Waals surface area contributed by atoms with Gasteiger partial charge in [-0.1, -0.05) is 18.2 Å². The van der Waals surface area contributed by atoms with Crippen LogP contribution in [-0.4, -0.2) is 42.4 Å². The molecule has 108 valence electrons. The van der Waals surface area contributed by atoms with Crippen LogP contribution in [0.25, 0.3) is 16.7 Å². The Kier molecular flexibility index (Phi) is 3.26. The van der Waals surface area contributed by atoms with Crippen LogP contribution in [0.15, 0.2) is 36.5 Å². The first-order chi connectivity index (χ1) is 10.1. The second-order valence-corrected chi connectivity index (χ2v) is 5.43. The number of aliphatic hydroxyl groups excluding tert-OH is 1. The summed E-state index contributed by atoms with van der Waals surface area (Å²) in [5.41, 5.74) is 1.02. The van der Waals surface area contributed by atoms with Gasteiger partial charge in [-0.15, -0.1) is 10.2 Å². The molecule has 0 unspecified atom stereocenters. The Bertz CT molecular complexity index is 753. The van der Waals surface area contributed by atoms with E-state index in [1.54, 1.807) is 10.9 Å². The number of hydrogen-bond acceptors (Lipinski definition) is 6. The van der Waals surface area contributed by atoms with E-state index in [1.807, 2.05) is 44.2 Å². The zero-order valence-electron chi connectivity index (χ0n) is 11.9. The van der Waals surface area contributed by atoms with Gasteiger partial charge in [-0.25, -0.2) is 4.68 Å². The molecule has 21 heavy (non-hydrogen) atoms. The Morgan fingerprint density at radius 3 is 2.67 bits per heavy atom. The number of para-hydroxylation sites is 1. The van der Waals surface area contributed by atoms with Crippen molar-refractivity contribution < 1.29 is 5.11 Å². The van der Waals surface area contributed by atoms with Crippen molar-refractivity contribution in [2.45, 2.75) is 19.4 Å². The Morgan fingerprint density at radius 1 is 1.19 bits per heavy atom. The van der Waals surface area contributed by atoms with Gasteiger partial charge in [0.2, 0.25) is 0 Å². The third-order valence-electron chi connectivity index (χ3n) is 3.14. The molecule has 3 rings (SSSR count). The van der Waals surface area contributed by atoms with Gasteiger partial charge in [0.1, 0.15) is 0 Å². The van der Waals surface area contributed by atoms with E-state index in [0.29, 0.717) is 11.5 Å². The summed E-state index contributed by atoms with van der Waals surface area (Å²) in [7, 11) is 0. The van der Waals surface area contributed by atoms with Crippen molar-refractivity contribution in [2.75, 3.05) is 11.9 Å². The molecule has 2 heterocycles. The summed E-state index contributed by atoms with van der Waals surface area (Å²) >= 11 is 0. The van der Waals surface area contributed by atoms with Crippen molar-refractivity contribution in [3.8, 4) is 5.69 Å². The van der Waals surface area contributed by atoms with Gasteiger partial charge in [-0.3, -0.25) is 0 Å². The van der Waals surface area contributed by atoms with Crippen molar-refractivity contribution in [1.29, 1.82) is 0 Å². The molecule has 0 aliphatic carbocycles. The van der Waals surface area contributed by atoms with E-state index in [1.165, 1.54) is 0 Å². The second-order valence-electron chi connectivity index (χ2n) is 5.43. The predicted octanol–water partition coefficient (Wildman–Crippen LogP) is 1.39. The number of hydrogen-bond donors (Lipinski definition) is 2. The molecular formula is C14H16N6O. The van der Waals surface area contributed by atoms with Gasteiger partial charge in [0, 0.05) is 0 Å². The maximum atomic E-state index is 9.36. The van der Waals surface area contributed by atoms with Crippen LogP contribution < -0.4 is 5.32 Å². The maximum Gasteiger partial charge on any atom is 0.190 e. The van der Waals surface area contributed by atoms with E-state index < -0.39 is 5.54 Å². The van der Waals surface area contributed by atoms with E-state index in [2.05, 4.69) is 25.8 Å². The van der Waals surface area contributed by atoms with E-state index in [9.17, 15) is 5.11 Å². The maximum absolute atomic E-state index is 9.36. The summed E-state index contributed by atoms with van der Waals surface area (Å²) in [5, 5.41) is 29.5. The fourth-order valence-corrected chi connectivity index (χ4v) is 1.98. The lowest BCUT2D eigenvalue weighted by molar-refractivity contribution is 0.234. The van der Waals surface area contributed by atoms with Crippen LogP contribution in [0, 0.1) is 0 Å². The molecule has 0 saturated heterocycles. The summed E-state index contributed by atoms with van der Waals surface area (Å²) in [5.74, 6) is 0.557. The third kappa shape index (κ3) is 2.55. The fraction of sp³-hybridized carbons (Fsp3) is 0.286. The lowest BCUT2D eigenvalue weighted by Crippen LogP contribution is -2.35. The molecule has 0 aliphatic heterocycles. The van der Waals surface area contributed by atoms with Crippen molar-refractivity contribution in [3.63, 3.8) is 0 Å². The third-order valence-corrected chi connectivity index (χ3v) is 3.14. The van der Waals surface area contributed by atoms with E-state index in [0.717, 1.165) is 11.1 Å². The largest absolute Gasteiger partial charge is 0.394 e. The topological polar surface area (TPSA) is 88.8 Å². The molecule has 0 radical (unpaired) electrons. The Labute approximate surface area is 121 Å². The SMILES string of the molecule is CC(C)(CO)Nc1nnnc2c1cnn2-c1ccccc1. The molecule has 0 saturated carbocycles. The zero-order chi connectivity index (χ0) is 14.9. The van der Waals surface area contributed by atoms with Crippen molar-refractivity contribution >= 4 is 16.9 Å². The molecule has 0 amide bonds. The predicted molar refractivity (Wildman–Crippen MR) is 79.2 cm³/mol. The number of fused-ring (bicyclic) bond motifs is 1. The first-order valence-corrected chi connectivity index (χ1v) is 6.62. The number of benzene rings is 1. The van der Waals surface area contributed by atoms with Gasteiger partial charge in [-0.2, -0.15) is 5.10 Å². The van der Waals surface area contributed by atoms with Crippen molar-refractivity contribution in [3.05, 3.63) is 36.5 Å². The van der Waals surface area contributed by atoms with Gasteiger partial charge >= 0.3 is 0 Å². The summed E-state index contributed by atoms with van der Waals surface area (Å²) in [6.07, 6.45) is 1.69. The minimum absolute atomic E-state index is 0.0225. The van der Waals surface area contributed by atoms with Crippen LogP contribution >= 0.6 is 0 Å². The van der Waals surface area contributed by atoms with Crippen LogP contribution in [0.1, 0.15) is 13.8 Å². The molecule has 2 N–H and O–H groups in total. The quantitative estimate of drug-likeness (QED) is 0.752. The summed E-state index contributed by atoms with van der Waals surface area (Å²) < 4.78 is 1.71. The van der Waals surface area contributed by atoms with Crippen molar-refractivity contribution in [1.82, 2.24) is 25.2 Å². The van der Waals surface area contributed by atoms with E-state index in [4.69, 9.17) is 0 Å². The van der Waals surface area contributed by atoms with Gasteiger partial charge < -0.3 is 10.4 Å². The number of nitrogens with zero attached hydrogens (tertiary/aromatic N) is 5. The average Bonchev–Trinajstić information content (AvgIpc) is 2.93. The lowest BCUT2D eigenvalue weighted by atomic mass is 10.1. The lowest BCUT2D eigenvalue weighted by Gasteiger charge is -2.23. The van der Waals surface area contributed by atoms with Crippen LogP contribution in [-0.2, 0) is 0 Å². The number of aliphatic hydroxyl groups is 1. The molecule has 0 spiro atoms. The van der Waals surface area contributed by atoms with Gasteiger partial charge in [-0.05, 0) is 31.2 Å². The normalized spacial score (nSPS) is 11.8. The molecule has 7 heteroatoms. The van der Waals surface area contributed by atoms with Crippen LogP contribution in [0.5, 0.6) is 0 Å². The summed E-state index contributed by atoms with van der Waals surface area (Å²) in [6.45, 7) is 3.73. The van der Waals surface area contributed by atoms with Crippen LogP contribution in [0.2, 0.25) is 0 Å². The number of aromatic nitrogens is 5. The average molecular weight is 284 g/mol. The van der Waals surface area contributed by atoms with Gasteiger partial charge in [0.15, 0.2) is 11.5 Å². The highest BCUT2D eigenvalue weighted by atomic mass is 16.3. The Balaban J connectivity index is 2.09. The van der Waals surface area contributed by atoms with Gasteiger partial charge in [0.25, 0.3) is 0 Å². The van der Waals surface area contributed by atoms with Crippen LogP contribution in [0.3, 0.4) is 0 Å². The van der Waals surface area contributed by atoms with Crippen molar-refractivity contribution in [2.24, 2.45) is 0 Å². The molecule has 2 aromatic heterocycles. The summed E-state index contributed by atoms with van der Waals surface area (Å²) in [6, 6.07) is 9.70. The molecule has 0 bridgehead atoms. The molecule has 0 fully saturated rings. The first-order valence-electron chi connectivity index (χ1n) is 6.62. The van der Waals surface area contributed by atoms with E-state index in [-0.39, 0.29) is 6.61 Å². The highest BCUT2D eigenvalue weighted by molar-refractivity contribution is 5.86. The highest BCUT2D eigenvalue weighted by Crippen LogP contribution is 2.23. The van der Waals surface area contributed by atoms with Crippen LogP contribution in [0.4, 0.5) is 5.82 Å². The fourth-order valence-electron chi connectivity index (χ4n) is 1.98. The standard InChI is InChI=1S/C14H16N6O/c1-14(2,9-21)16-12-11-8-15-20(13(11)18-19-17-12)10-6-4-3-5-7-10/h3-8,21H,9H2,1-2H3,(H,16,17,18). The monoisotopic (exact) mass is 284 g/mol. The summed E-state index contributed by atoms with van der Waals surface area (Å²) in [4.78, 5) is 0. The van der Waals surface area contributed by atoms with E-state index >= 15 is 0 Å². The molecule has 0 atom stereocenters. The second kappa shape index (κ2) is 5.10.